The molecule has 0 fully saturated rings. The summed E-state index contributed by atoms with van der Waals surface area (Å²) in [7, 11) is 0. The summed E-state index contributed by atoms with van der Waals surface area (Å²) in [5.74, 6) is 0.784. The van der Waals surface area contributed by atoms with Gasteiger partial charge in [-0.05, 0) is 37.2 Å². The molecule has 1 heterocycles. The van der Waals surface area contributed by atoms with Gasteiger partial charge in [0.25, 0.3) is 5.69 Å². The molecule has 0 aliphatic heterocycles. The van der Waals surface area contributed by atoms with E-state index in [4.69, 9.17) is 0 Å². The summed E-state index contributed by atoms with van der Waals surface area (Å²) in [6.45, 7) is 4.87. The Kier molecular flexibility index (Phi) is 5.14. The molecule has 0 amide bonds. The zero-order valence-electron chi connectivity index (χ0n) is 14.0. The first kappa shape index (κ1) is 17.2. The second-order valence-corrected chi connectivity index (χ2v) is 6.66. The van der Waals surface area contributed by atoms with Crippen LogP contribution in [0.1, 0.15) is 18.9 Å². The summed E-state index contributed by atoms with van der Waals surface area (Å²) in [5.41, 5.74) is 2.22. The van der Waals surface area contributed by atoms with Crippen molar-refractivity contribution in [1.82, 2.24) is 14.8 Å². The molecule has 0 unspecified atom stereocenters. The SMILES string of the molecule is CCCn1c(Sc2ccccc2[N+](=O)[O-])nnc1-c1cccc(C)c1. The molecule has 0 aliphatic carbocycles. The molecule has 0 aliphatic rings. The van der Waals surface area contributed by atoms with E-state index in [1.54, 1.807) is 18.2 Å². The molecule has 1 aromatic heterocycles. The van der Waals surface area contributed by atoms with E-state index in [0.717, 1.165) is 29.9 Å². The predicted molar refractivity (Wildman–Crippen MR) is 97.7 cm³/mol. The van der Waals surface area contributed by atoms with Gasteiger partial charge in [-0.15, -0.1) is 10.2 Å². The van der Waals surface area contributed by atoms with Crippen molar-refractivity contribution < 1.29 is 4.92 Å². The molecule has 128 valence electrons. The maximum Gasteiger partial charge on any atom is 0.283 e. The summed E-state index contributed by atoms with van der Waals surface area (Å²) in [4.78, 5) is 11.4. The van der Waals surface area contributed by atoms with Crippen LogP contribution in [0.5, 0.6) is 0 Å². The lowest BCUT2D eigenvalue weighted by molar-refractivity contribution is -0.387. The summed E-state index contributed by atoms with van der Waals surface area (Å²) in [6.07, 6.45) is 0.918. The Labute approximate surface area is 150 Å². The second-order valence-electron chi connectivity index (χ2n) is 5.65. The van der Waals surface area contributed by atoms with Gasteiger partial charge in [0.05, 0.1) is 9.82 Å². The van der Waals surface area contributed by atoms with Gasteiger partial charge in [-0.25, -0.2) is 0 Å². The van der Waals surface area contributed by atoms with E-state index < -0.39 is 0 Å². The van der Waals surface area contributed by atoms with Crippen LogP contribution >= 0.6 is 11.8 Å². The van der Waals surface area contributed by atoms with Crippen molar-refractivity contribution in [3.63, 3.8) is 0 Å². The lowest BCUT2D eigenvalue weighted by Gasteiger charge is -2.09. The first-order valence-electron chi connectivity index (χ1n) is 8.01. The Hall–Kier alpha value is -2.67. The third-order valence-corrected chi connectivity index (χ3v) is 4.75. The number of hydrogen-bond acceptors (Lipinski definition) is 5. The minimum Gasteiger partial charge on any atom is -0.302 e. The zero-order chi connectivity index (χ0) is 17.8. The predicted octanol–water partition coefficient (Wildman–Crippen LogP) is 4.72. The van der Waals surface area contributed by atoms with Gasteiger partial charge in [0.15, 0.2) is 11.0 Å². The smallest absolute Gasteiger partial charge is 0.283 e. The molecule has 0 saturated carbocycles. The Morgan fingerprint density at radius 2 is 1.96 bits per heavy atom. The summed E-state index contributed by atoms with van der Waals surface area (Å²) in [6, 6.07) is 14.8. The highest BCUT2D eigenvalue weighted by atomic mass is 32.2. The Morgan fingerprint density at radius 1 is 1.16 bits per heavy atom. The number of nitrogens with zero attached hydrogens (tertiary/aromatic N) is 4. The van der Waals surface area contributed by atoms with E-state index in [9.17, 15) is 10.1 Å². The highest BCUT2D eigenvalue weighted by Crippen LogP contribution is 2.35. The van der Waals surface area contributed by atoms with Crippen molar-refractivity contribution in [3.05, 3.63) is 64.2 Å². The molecule has 0 saturated heterocycles. The maximum atomic E-state index is 11.2. The molecule has 25 heavy (non-hydrogen) atoms. The average molecular weight is 354 g/mol. The number of rotatable bonds is 6. The number of hydrogen-bond donors (Lipinski definition) is 0. The summed E-state index contributed by atoms with van der Waals surface area (Å²) >= 11 is 1.28. The number of para-hydroxylation sites is 1. The second kappa shape index (κ2) is 7.48. The summed E-state index contributed by atoms with van der Waals surface area (Å²) in [5, 5.41) is 20.5. The van der Waals surface area contributed by atoms with Gasteiger partial charge in [0.2, 0.25) is 0 Å². The fourth-order valence-corrected chi connectivity index (χ4v) is 3.54. The lowest BCUT2D eigenvalue weighted by atomic mass is 10.1. The molecule has 7 heteroatoms. The number of aromatic nitrogens is 3. The Bertz CT molecular complexity index is 908. The van der Waals surface area contributed by atoms with Crippen molar-refractivity contribution in [3.8, 4) is 11.4 Å². The van der Waals surface area contributed by atoms with Crippen molar-refractivity contribution in [1.29, 1.82) is 0 Å². The van der Waals surface area contributed by atoms with Crippen molar-refractivity contribution >= 4 is 17.4 Å². The van der Waals surface area contributed by atoms with Crippen LogP contribution in [0, 0.1) is 17.0 Å². The molecule has 0 spiro atoms. The quantitative estimate of drug-likeness (QED) is 0.473. The van der Waals surface area contributed by atoms with Gasteiger partial charge in [0, 0.05) is 18.2 Å². The van der Waals surface area contributed by atoms with Crippen molar-refractivity contribution in [2.24, 2.45) is 0 Å². The number of nitro benzene ring substituents is 1. The van der Waals surface area contributed by atoms with Crippen LogP contribution < -0.4 is 0 Å². The van der Waals surface area contributed by atoms with Crippen LogP contribution in [0.2, 0.25) is 0 Å². The van der Waals surface area contributed by atoms with Crippen LogP contribution in [-0.2, 0) is 6.54 Å². The maximum absolute atomic E-state index is 11.2. The van der Waals surface area contributed by atoms with E-state index >= 15 is 0 Å². The van der Waals surface area contributed by atoms with Crippen LogP contribution in [0.15, 0.2) is 58.6 Å². The first-order valence-corrected chi connectivity index (χ1v) is 8.83. The van der Waals surface area contributed by atoms with Gasteiger partial charge >= 0.3 is 0 Å². The van der Waals surface area contributed by atoms with Crippen LogP contribution in [0.25, 0.3) is 11.4 Å². The van der Waals surface area contributed by atoms with Gasteiger partial charge in [-0.3, -0.25) is 10.1 Å². The zero-order valence-corrected chi connectivity index (χ0v) is 14.9. The fraction of sp³-hybridized carbons (Fsp3) is 0.222. The molecular weight excluding hydrogens is 336 g/mol. The molecule has 0 radical (unpaired) electrons. The normalized spacial score (nSPS) is 10.8. The first-order chi connectivity index (χ1) is 12.1. The van der Waals surface area contributed by atoms with Gasteiger partial charge < -0.3 is 4.57 Å². The third kappa shape index (κ3) is 3.71. The largest absolute Gasteiger partial charge is 0.302 e. The molecule has 0 N–H and O–H groups in total. The topological polar surface area (TPSA) is 73.8 Å². The number of nitro groups is 1. The van der Waals surface area contributed by atoms with E-state index in [-0.39, 0.29) is 10.6 Å². The Balaban J connectivity index is 2.02. The highest BCUT2D eigenvalue weighted by Gasteiger charge is 2.19. The minimum absolute atomic E-state index is 0.0793. The van der Waals surface area contributed by atoms with Crippen molar-refractivity contribution in [2.75, 3.05) is 0 Å². The average Bonchev–Trinajstić information content (AvgIpc) is 2.98. The van der Waals surface area contributed by atoms with E-state index in [0.29, 0.717) is 10.1 Å². The molecule has 2 aromatic carbocycles. The molecule has 3 rings (SSSR count). The van der Waals surface area contributed by atoms with Crippen molar-refractivity contribution in [2.45, 2.75) is 36.9 Å². The molecule has 0 bridgehead atoms. The monoisotopic (exact) mass is 354 g/mol. The Morgan fingerprint density at radius 3 is 2.68 bits per heavy atom. The van der Waals surface area contributed by atoms with Gasteiger partial charge in [0.1, 0.15) is 0 Å². The number of benzene rings is 2. The van der Waals surface area contributed by atoms with E-state index in [2.05, 4.69) is 23.2 Å². The molecule has 6 nitrogen and oxygen atoms in total. The minimum atomic E-state index is -0.371. The highest BCUT2D eigenvalue weighted by molar-refractivity contribution is 7.99. The van der Waals surface area contributed by atoms with Crippen LogP contribution in [-0.4, -0.2) is 19.7 Å². The van der Waals surface area contributed by atoms with Crippen LogP contribution in [0.3, 0.4) is 0 Å². The van der Waals surface area contributed by atoms with Gasteiger partial charge in [-0.2, -0.15) is 0 Å². The lowest BCUT2D eigenvalue weighted by Crippen LogP contribution is -2.02. The van der Waals surface area contributed by atoms with E-state index in [1.807, 2.05) is 29.7 Å². The van der Waals surface area contributed by atoms with Crippen LogP contribution in [0.4, 0.5) is 5.69 Å². The summed E-state index contributed by atoms with van der Waals surface area (Å²) < 4.78 is 2.02. The fourth-order valence-electron chi connectivity index (χ4n) is 2.58. The number of aryl methyl sites for hydroxylation is 1. The van der Waals surface area contributed by atoms with E-state index in [1.165, 1.54) is 17.8 Å². The third-order valence-electron chi connectivity index (χ3n) is 3.70. The van der Waals surface area contributed by atoms with Gasteiger partial charge in [-0.1, -0.05) is 42.8 Å². The molecular formula is C18H18N4O2S. The standard InChI is InChI=1S/C18H18N4O2S/c1-3-11-21-17(14-8-6-7-13(2)12-14)19-20-18(21)25-16-10-5-4-9-15(16)22(23)24/h4-10,12H,3,11H2,1-2H3. The molecule has 3 aromatic rings. The molecule has 0 atom stereocenters.